The van der Waals surface area contributed by atoms with E-state index in [0.29, 0.717) is 17.6 Å². The van der Waals surface area contributed by atoms with Gasteiger partial charge >= 0.3 is 0 Å². The first-order valence-electron chi connectivity index (χ1n) is 9.75. The molecule has 2 heterocycles. The van der Waals surface area contributed by atoms with E-state index in [1.165, 1.54) is 0 Å². The van der Waals surface area contributed by atoms with Crippen LogP contribution in [0.4, 0.5) is 0 Å². The third-order valence-corrected chi connectivity index (χ3v) is 8.38. The second-order valence-corrected chi connectivity index (χ2v) is 9.20. The summed E-state index contributed by atoms with van der Waals surface area (Å²) in [5, 5.41) is 0. The molecule has 2 aliphatic heterocycles. The first-order valence-corrected chi connectivity index (χ1v) is 9.75. The summed E-state index contributed by atoms with van der Waals surface area (Å²) in [7, 11) is 0. The van der Waals surface area contributed by atoms with Gasteiger partial charge in [-0.3, -0.25) is 4.79 Å². The lowest BCUT2D eigenvalue weighted by Gasteiger charge is -2.48. The van der Waals surface area contributed by atoms with Crippen LogP contribution >= 0.6 is 0 Å². The van der Waals surface area contributed by atoms with Gasteiger partial charge in [-0.05, 0) is 49.5 Å². The Labute approximate surface area is 142 Å². The standard InChI is InChI=1S/C20H26O4/c1-17-6-5-15-13(14(17)2-3-16(17)21)4-7-18-12-19(22-10-11-23-19)8-9-20(15,18)24-18/h5,13-14H,2-4,6-12H2,1H3/t13?,14?,17-,18+,20-/m0/s1. The van der Waals surface area contributed by atoms with Crippen LogP contribution in [-0.2, 0) is 19.0 Å². The molecule has 4 nitrogen and oxygen atoms in total. The first-order chi connectivity index (χ1) is 11.5. The van der Waals surface area contributed by atoms with Crippen molar-refractivity contribution in [2.45, 2.75) is 75.3 Å². The highest BCUT2D eigenvalue weighted by molar-refractivity contribution is 5.87. The number of hydrogen-bond acceptors (Lipinski definition) is 4. The number of rotatable bonds is 0. The van der Waals surface area contributed by atoms with Crippen molar-refractivity contribution >= 4 is 5.78 Å². The van der Waals surface area contributed by atoms with Crippen LogP contribution in [0, 0.1) is 17.3 Å². The van der Waals surface area contributed by atoms with E-state index in [1.807, 2.05) is 0 Å². The smallest absolute Gasteiger partial charge is 0.171 e. The fourth-order valence-corrected chi connectivity index (χ4v) is 7.11. The molecule has 24 heavy (non-hydrogen) atoms. The number of hydrogen-bond donors (Lipinski definition) is 0. The average Bonchev–Trinajstić information content (AvgIpc) is 2.88. The highest BCUT2D eigenvalue weighted by Crippen LogP contribution is 2.73. The molecule has 5 atom stereocenters. The fraction of sp³-hybridized carbons (Fsp3) is 0.850. The second-order valence-electron chi connectivity index (χ2n) is 9.20. The van der Waals surface area contributed by atoms with Gasteiger partial charge in [0.1, 0.15) is 17.0 Å². The van der Waals surface area contributed by atoms with Crippen molar-refractivity contribution < 1.29 is 19.0 Å². The Hall–Kier alpha value is -0.710. The van der Waals surface area contributed by atoms with Crippen LogP contribution in [0.5, 0.6) is 0 Å². The highest BCUT2D eigenvalue weighted by atomic mass is 16.7. The summed E-state index contributed by atoms with van der Waals surface area (Å²) < 4.78 is 18.5. The van der Waals surface area contributed by atoms with Gasteiger partial charge in [-0.15, -0.1) is 0 Å². The Bertz CT molecular complexity index is 663. The molecule has 2 saturated heterocycles. The van der Waals surface area contributed by atoms with Crippen molar-refractivity contribution in [2.75, 3.05) is 13.2 Å². The summed E-state index contributed by atoms with van der Waals surface area (Å²) in [6, 6.07) is 0. The van der Waals surface area contributed by atoms with Crippen molar-refractivity contribution in [3.8, 4) is 0 Å². The minimum atomic E-state index is -0.375. The van der Waals surface area contributed by atoms with Gasteiger partial charge in [0.25, 0.3) is 0 Å². The summed E-state index contributed by atoms with van der Waals surface area (Å²) >= 11 is 0. The number of allylic oxidation sites excluding steroid dienone is 1. The molecule has 4 heteroatoms. The Morgan fingerprint density at radius 2 is 1.96 bits per heavy atom. The first kappa shape index (κ1) is 14.5. The van der Waals surface area contributed by atoms with Crippen molar-refractivity contribution in [1.29, 1.82) is 0 Å². The molecule has 0 aromatic carbocycles. The third kappa shape index (κ3) is 1.47. The summed E-state index contributed by atoms with van der Waals surface area (Å²) in [4.78, 5) is 12.5. The molecule has 0 N–H and O–H groups in total. The number of carbonyl (C=O) groups excluding carboxylic acids is 1. The van der Waals surface area contributed by atoms with E-state index in [2.05, 4.69) is 13.0 Å². The van der Waals surface area contributed by atoms with Crippen LogP contribution in [0.3, 0.4) is 0 Å². The normalized spacial score (nSPS) is 53.9. The molecule has 1 spiro atoms. The Morgan fingerprint density at radius 3 is 2.79 bits per heavy atom. The molecule has 0 aromatic rings. The van der Waals surface area contributed by atoms with E-state index in [-0.39, 0.29) is 22.4 Å². The van der Waals surface area contributed by atoms with Crippen molar-refractivity contribution in [3.63, 3.8) is 0 Å². The van der Waals surface area contributed by atoms with E-state index < -0.39 is 0 Å². The second kappa shape index (κ2) is 4.16. The molecule has 6 rings (SSSR count). The Morgan fingerprint density at radius 1 is 1.12 bits per heavy atom. The van der Waals surface area contributed by atoms with Gasteiger partial charge in [-0.2, -0.15) is 0 Å². The molecular weight excluding hydrogens is 304 g/mol. The number of carbonyl (C=O) groups is 1. The number of ketones is 1. The third-order valence-electron chi connectivity index (χ3n) is 8.38. The SMILES string of the molecule is C[C@]12CC=C3C(CC[C@@]45CC6(CC[C@]34O5)OCCO6)C1CCC2=O. The summed E-state index contributed by atoms with van der Waals surface area (Å²) in [6.07, 6.45) is 10.3. The van der Waals surface area contributed by atoms with Gasteiger partial charge in [-0.1, -0.05) is 13.0 Å². The Balaban J connectivity index is 1.37. The minimum absolute atomic E-state index is 0.0473. The lowest BCUT2D eigenvalue weighted by Crippen LogP contribution is -2.51. The summed E-state index contributed by atoms with van der Waals surface area (Å²) in [5.41, 5.74) is 1.34. The molecular formula is C20H26O4. The van der Waals surface area contributed by atoms with Crippen molar-refractivity contribution in [2.24, 2.45) is 17.3 Å². The number of fused-ring (bicyclic) bond motifs is 3. The van der Waals surface area contributed by atoms with Gasteiger partial charge < -0.3 is 14.2 Å². The molecule has 6 aliphatic rings. The van der Waals surface area contributed by atoms with Gasteiger partial charge in [0.2, 0.25) is 0 Å². The van der Waals surface area contributed by atoms with Crippen LogP contribution in [0.1, 0.15) is 58.3 Å². The zero-order valence-corrected chi connectivity index (χ0v) is 14.4. The highest BCUT2D eigenvalue weighted by Gasteiger charge is 2.79. The lowest BCUT2D eigenvalue weighted by molar-refractivity contribution is -0.185. The molecule has 130 valence electrons. The minimum Gasteiger partial charge on any atom is -0.358 e. The molecule has 0 bridgehead atoms. The topological polar surface area (TPSA) is 48.1 Å². The van der Waals surface area contributed by atoms with Crippen molar-refractivity contribution in [3.05, 3.63) is 11.6 Å². The molecule has 3 saturated carbocycles. The van der Waals surface area contributed by atoms with Crippen LogP contribution < -0.4 is 0 Å². The lowest BCUT2D eigenvalue weighted by atomic mass is 9.54. The van der Waals surface area contributed by atoms with Gasteiger partial charge in [0.15, 0.2) is 5.79 Å². The van der Waals surface area contributed by atoms with Crippen molar-refractivity contribution in [1.82, 2.24) is 0 Å². The number of ether oxygens (including phenoxy) is 3. The summed E-state index contributed by atoms with van der Waals surface area (Å²) in [6.45, 7) is 3.65. The van der Waals surface area contributed by atoms with Gasteiger partial charge in [-0.25, -0.2) is 0 Å². The van der Waals surface area contributed by atoms with Gasteiger partial charge in [0, 0.05) is 24.7 Å². The maximum Gasteiger partial charge on any atom is 0.171 e. The molecule has 2 unspecified atom stereocenters. The molecule has 5 fully saturated rings. The van der Waals surface area contributed by atoms with Crippen LogP contribution in [0.15, 0.2) is 11.6 Å². The molecule has 0 aromatic heterocycles. The largest absolute Gasteiger partial charge is 0.358 e. The fourth-order valence-electron chi connectivity index (χ4n) is 7.11. The molecule has 0 amide bonds. The summed E-state index contributed by atoms with van der Waals surface area (Å²) in [5.74, 6) is 1.21. The molecule has 0 radical (unpaired) electrons. The Kier molecular flexibility index (Phi) is 2.51. The predicted molar refractivity (Wildman–Crippen MR) is 86.3 cm³/mol. The van der Waals surface area contributed by atoms with E-state index in [0.717, 1.165) is 64.6 Å². The van der Waals surface area contributed by atoms with E-state index in [1.54, 1.807) is 5.57 Å². The zero-order chi connectivity index (χ0) is 16.2. The number of epoxide rings is 1. The maximum absolute atomic E-state index is 12.5. The quantitative estimate of drug-likeness (QED) is 0.506. The monoisotopic (exact) mass is 330 g/mol. The van der Waals surface area contributed by atoms with Gasteiger partial charge in [0.05, 0.1) is 13.2 Å². The maximum atomic E-state index is 12.5. The average molecular weight is 330 g/mol. The van der Waals surface area contributed by atoms with E-state index >= 15 is 0 Å². The molecule has 4 aliphatic carbocycles. The predicted octanol–water partition coefficient (Wildman–Crippen LogP) is 3.15. The van der Waals surface area contributed by atoms with Crippen LogP contribution in [0.2, 0.25) is 0 Å². The van der Waals surface area contributed by atoms with E-state index in [4.69, 9.17) is 14.2 Å². The van der Waals surface area contributed by atoms with E-state index in [9.17, 15) is 4.79 Å². The zero-order valence-electron chi connectivity index (χ0n) is 14.4. The number of Topliss-reactive ketones (excluding diaryl/α,β-unsaturated/α-hetero) is 1. The van der Waals surface area contributed by atoms with Crippen LogP contribution in [-0.4, -0.2) is 36.0 Å². The van der Waals surface area contributed by atoms with Crippen LogP contribution in [0.25, 0.3) is 0 Å².